The lowest BCUT2D eigenvalue weighted by Gasteiger charge is -2.11. The Balaban J connectivity index is 1.68. The fraction of sp³-hybridized carbons (Fsp3) is 0.174. The molecule has 0 saturated heterocycles. The van der Waals surface area contributed by atoms with Crippen LogP contribution in [0.1, 0.15) is 23.1 Å². The van der Waals surface area contributed by atoms with E-state index in [1.165, 1.54) is 16.7 Å². The number of nitrogens with one attached hydrogen (secondary N) is 1. The molecule has 2 nitrogen and oxygen atoms in total. The highest BCUT2D eigenvalue weighted by Crippen LogP contribution is 2.27. The van der Waals surface area contributed by atoms with Crippen LogP contribution in [0.4, 0.5) is 5.69 Å². The van der Waals surface area contributed by atoms with Crippen molar-refractivity contribution in [2.24, 2.45) is 0 Å². The Labute approximate surface area is 149 Å². The van der Waals surface area contributed by atoms with Crippen LogP contribution in [0, 0.1) is 13.8 Å². The van der Waals surface area contributed by atoms with E-state index in [9.17, 15) is 4.79 Å². The summed E-state index contributed by atoms with van der Waals surface area (Å²) in [7, 11) is 0. The molecule has 3 aromatic rings. The molecule has 0 atom stereocenters. The molecule has 0 heterocycles. The van der Waals surface area contributed by atoms with Crippen LogP contribution < -0.4 is 5.32 Å². The first kappa shape index (κ1) is 17.0. The van der Waals surface area contributed by atoms with Gasteiger partial charge in [0.2, 0.25) is 5.91 Å². The third-order valence-electron chi connectivity index (χ3n) is 4.50. The van der Waals surface area contributed by atoms with Crippen LogP contribution in [0.3, 0.4) is 0 Å². The van der Waals surface area contributed by atoms with Gasteiger partial charge in [0.25, 0.3) is 0 Å². The second-order valence-electron chi connectivity index (χ2n) is 6.38. The average Bonchev–Trinajstić information content (AvgIpc) is 2.64. The predicted molar refractivity (Wildman–Crippen MR) is 105 cm³/mol. The first-order chi connectivity index (χ1) is 12.1. The van der Waals surface area contributed by atoms with Gasteiger partial charge in [0, 0.05) is 17.7 Å². The highest BCUT2D eigenvalue weighted by atomic mass is 16.1. The molecule has 0 fully saturated rings. The van der Waals surface area contributed by atoms with E-state index in [0.29, 0.717) is 6.42 Å². The molecule has 0 unspecified atom stereocenters. The van der Waals surface area contributed by atoms with Gasteiger partial charge in [-0.15, -0.1) is 0 Å². The monoisotopic (exact) mass is 329 g/mol. The molecule has 25 heavy (non-hydrogen) atoms. The molecule has 3 rings (SSSR count). The number of benzene rings is 3. The summed E-state index contributed by atoms with van der Waals surface area (Å²) in [6, 6.07) is 24.4. The highest BCUT2D eigenvalue weighted by molar-refractivity contribution is 5.95. The summed E-state index contributed by atoms with van der Waals surface area (Å²) in [4.78, 5) is 12.4. The quantitative estimate of drug-likeness (QED) is 0.654. The molecule has 0 radical (unpaired) electrons. The van der Waals surface area contributed by atoms with Crippen LogP contribution in [-0.2, 0) is 11.2 Å². The second kappa shape index (κ2) is 7.80. The fourth-order valence-corrected chi connectivity index (χ4v) is 2.89. The number of rotatable bonds is 5. The molecular formula is C23H23NO. The van der Waals surface area contributed by atoms with Crippen molar-refractivity contribution in [3.63, 3.8) is 0 Å². The third kappa shape index (κ3) is 4.36. The summed E-state index contributed by atoms with van der Waals surface area (Å²) in [5, 5.41) is 3.07. The van der Waals surface area contributed by atoms with Crippen LogP contribution in [0.25, 0.3) is 11.1 Å². The van der Waals surface area contributed by atoms with Crippen molar-refractivity contribution >= 4 is 11.6 Å². The van der Waals surface area contributed by atoms with E-state index in [1.54, 1.807) is 0 Å². The third-order valence-corrected chi connectivity index (χ3v) is 4.50. The van der Waals surface area contributed by atoms with E-state index in [4.69, 9.17) is 0 Å². The zero-order valence-electron chi connectivity index (χ0n) is 14.8. The molecule has 0 spiro atoms. The van der Waals surface area contributed by atoms with Crippen LogP contribution >= 0.6 is 0 Å². The minimum Gasteiger partial charge on any atom is -0.326 e. The summed E-state index contributed by atoms with van der Waals surface area (Å²) in [5.74, 6) is 0.0432. The topological polar surface area (TPSA) is 29.1 Å². The summed E-state index contributed by atoms with van der Waals surface area (Å²) < 4.78 is 0. The number of para-hydroxylation sites is 1. The van der Waals surface area contributed by atoms with Gasteiger partial charge in [0.1, 0.15) is 0 Å². The van der Waals surface area contributed by atoms with E-state index >= 15 is 0 Å². The number of amides is 1. The summed E-state index contributed by atoms with van der Waals surface area (Å²) in [6.07, 6.45) is 1.23. The molecule has 1 amide bonds. The Morgan fingerprint density at radius 2 is 1.56 bits per heavy atom. The first-order valence-electron chi connectivity index (χ1n) is 8.64. The van der Waals surface area contributed by atoms with Crippen LogP contribution in [0.15, 0.2) is 72.8 Å². The molecule has 0 aromatic heterocycles. The second-order valence-corrected chi connectivity index (χ2v) is 6.38. The minimum absolute atomic E-state index is 0.0432. The normalized spacial score (nSPS) is 10.5. The van der Waals surface area contributed by atoms with Crippen LogP contribution in [0.2, 0.25) is 0 Å². The Kier molecular flexibility index (Phi) is 5.30. The van der Waals surface area contributed by atoms with Gasteiger partial charge in [0.05, 0.1) is 0 Å². The van der Waals surface area contributed by atoms with Crippen molar-refractivity contribution in [1.82, 2.24) is 0 Å². The first-order valence-corrected chi connectivity index (χ1v) is 8.64. The Morgan fingerprint density at radius 3 is 2.32 bits per heavy atom. The number of hydrogen-bond donors (Lipinski definition) is 1. The lowest BCUT2D eigenvalue weighted by molar-refractivity contribution is -0.116. The molecular weight excluding hydrogens is 306 g/mol. The SMILES string of the molecule is Cc1ccc(CCC(=O)Nc2ccccc2-c2ccccc2)cc1C. The molecule has 0 aliphatic rings. The Bertz CT molecular complexity index is 868. The maximum atomic E-state index is 12.4. The molecule has 3 aromatic carbocycles. The van der Waals surface area contributed by atoms with Crippen molar-refractivity contribution in [1.29, 1.82) is 0 Å². The summed E-state index contributed by atoms with van der Waals surface area (Å²) in [5.41, 5.74) is 6.76. The fourth-order valence-electron chi connectivity index (χ4n) is 2.89. The van der Waals surface area contributed by atoms with Gasteiger partial charge in [-0.2, -0.15) is 0 Å². The standard InChI is InChI=1S/C23H23NO/c1-17-12-13-19(16-18(17)2)14-15-23(25)24-22-11-7-6-10-21(22)20-8-4-3-5-9-20/h3-13,16H,14-15H2,1-2H3,(H,24,25). The summed E-state index contributed by atoms with van der Waals surface area (Å²) >= 11 is 0. The lowest BCUT2D eigenvalue weighted by Crippen LogP contribution is -2.13. The van der Waals surface area contributed by atoms with E-state index in [2.05, 4.69) is 49.5 Å². The molecule has 0 saturated carbocycles. The lowest BCUT2D eigenvalue weighted by atomic mass is 10.0. The van der Waals surface area contributed by atoms with Gasteiger partial charge in [-0.1, -0.05) is 66.7 Å². The number of hydrogen-bond acceptors (Lipinski definition) is 1. The maximum Gasteiger partial charge on any atom is 0.224 e. The number of carbonyl (C=O) groups is 1. The zero-order valence-corrected chi connectivity index (χ0v) is 14.8. The zero-order chi connectivity index (χ0) is 17.6. The molecule has 2 heteroatoms. The van der Waals surface area contributed by atoms with Crippen molar-refractivity contribution in [2.75, 3.05) is 5.32 Å². The Morgan fingerprint density at radius 1 is 0.840 bits per heavy atom. The van der Waals surface area contributed by atoms with Gasteiger partial charge in [-0.25, -0.2) is 0 Å². The Hall–Kier alpha value is -2.87. The predicted octanol–water partition coefficient (Wildman–Crippen LogP) is 5.54. The average molecular weight is 329 g/mol. The van der Waals surface area contributed by atoms with Gasteiger partial charge in [-0.05, 0) is 48.6 Å². The van der Waals surface area contributed by atoms with Crippen molar-refractivity contribution in [3.8, 4) is 11.1 Å². The molecule has 1 N–H and O–H groups in total. The molecule has 126 valence electrons. The van der Waals surface area contributed by atoms with Gasteiger partial charge in [-0.3, -0.25) is 4.79 Å². The van der Waals surface area contributed by atoms with E-state index in [1.807, 2.05) is 42.5 Å². The van der Waals surface area contributed by atoms with Gasteiger partial charge < -0.3 is 5.32 Å². The number of carbonyl (C=O) groups excluding carboxylic acids is 1. The minimum atomic E-state index is 0.0432. The maximum absolute atomic E-state index is 12.4. The molecule has 0 bridgehead atoms. The van der Waals surface area contributed by atoms with Crippen LogP contribution in [0.5, 0.6) is 0 Å². The van der Waals surface area contributed by atoms with E-state index in [-0.39, 0.29) is 5.91 Å². The van der Waals surface area contributed by atoms with Gasteiger partial charge >= 0.3 is 0 Å². The number of anilines is 1. The van der Waals surface area contributed by atoms with E-state index in [0.717, 1.165) is 23.2 Å². The molecule has 0 aliphatic carbocycles. The van der Waals surface area contributed by atoms with Crippen molar-refractivity contribution < 1.29 is 4.79 Å². The van der Waals surface area contributed by atoms with Crippen LogP contribution in [-0.4, -0.2) is 5.91 Å². The van der Waals surface area contributed by atoms with Gasteiger partial charge in [0.15, 0.2) is 0 Å². The van der Waals surface area contributed by atoms with E-state index < -0.39 is 0 Å². The largest absolute Gasteiger partial charge is 0.326 e. The number of aryl methyl sites for hydroxylation is 3. The van der Waals surface area contributed by atoms with Crippen molar-refractivity contribution in [2.45, 2.75) is 26.7 Å². The van der Waals surface area contributed by atoms with Crippen molar-refractivity contribution in [3.05, 3.63) is 89.5 Å². The summed E-state index contributed by atoms with van der Waals surface area (Å²) in [6.45, 7) is 4.21. The smallest absolute Gasteiger partial charge is 0.224 e. The molecule has 0 aliphatic heterocycles. The highest BCUT2D eigenvalue weighted by Gasteiger charge is 2.08.